The van der Waals surface area contributed by atoms with Gasteiger partial charge in [0, 0.05) is 19.3 Å². The van der Waals surface area contributed by atoms with Crippen molar-refractivity contribution in [2.24, 2.45) is 11.7 Å². The highest BCUT2D eigenvalue weighted by atomic mass is 32.1. The largest absolute Gasteiger partial charge is 0.389 e. The number of likely N-dealkylation sites (tertiary alicyclic amines) is 1. The van der Waals surface area contributed by atoms with Crippen LogP contribution in [0.5, 0.6) is 0 Å². The second-order valence-electron chi connectivity index (χ2n) is 4.56. The van der Waals surface area contributed by atoms with Crippen molar-refractivity contribution >= 4 is 23.0 Å². The van der Waals surface area contributed by atoms with Gasteiger partial charge in [0.1, 0.15) is 10.8 Å². The van der Waals surface area contributed by atoms with Gasteiger partial charge >= 0.3 is 0 Å². The Kier molecular flexibility index (Phi) is 3.91. The van der Waals surface area contributed by atoms with Crippen LogP contribution in [0.2, 0.25) is 0 Å². The minimum absolute atomic E-state index is 0.393. The number of nitrogens with one attached hydrogen (secondary N) is 1. The molecule has 5 heteroatoms. The first-order valence-corrected chi connectivity index (χ1v) is 6.25. The van der Waals surface area contributed by atoms with Gasteiger partial charge in [0.2, 0.25) is 0 Å². The maximum absolute atomic E-state index is 5.66. The van der Waals surface area contributed by atoms with Gasteiger partial charge < -0.3 is 16.0 Å². The molecule has 92 valence electrons. The van der Waals surface area contributed by atoms with Gasteiger partial charge in [-0.15, -0.1) is 0 Å². The second-order valence-corrected chi connectivity index (χ2v) is 5.00. The summed E-state index contributed by atoms with van der Waals surface area (Å²) >= 11 is 5.01. The van der Waals surface area contributed by atoms with Crippen LogP contribution in [0.4, 0.5) is 5.82 Å². The quantitative estimate of drug-likeness (QED) is 0.783. The van der Waals surface area contributed by atoms with Crippen LogP contribution in [0.3, 0.4) is 0 Å². The van der Waals surface area contributed by atoms with Crippen molar-refractivity contribution in [3.63, 3.8) is 0 Å². The van der Waals surface area contributed by atoms with E-state index in [1.165, 1.54) is 13.0 Å². The maximum Gasteiger partial charge on any atom is 0.136 e. The molecule has 0 saturated carbocycles. The average Bonchev–Trinajstić information content (AvgIpc) is 2.73. The van der Waals surface area contributed by atoms with E-state index in [-0.39, 0.29) is 0 Å². The summed E-state index contributed by atoms with van der Waals surface area (Å²) in [5.74, 6) is 1.48. The van der Waals surface area contributed by atoms with Gasteiger partial charge in [-0.05, 0) is 38.1 Å². The molecule has 1 atom stereocenters. The van der Waals surface area contributed by atoms with E-state index < -0.39 is 0 Å². The molecule has 17 heavy (non-hydrogen) atoms. The van der Waals surface area contributed by atoms with Crippen LogP contribution in [0.25, 0.3) is 0 Å². The fourth-order valence-corrected chi connectivity index (χ4v) is 2.34. The highest BCUT2D eigenvalue weighted by Gasteiger charge is 2.19. The zero-order valence-corrected chi connectivity index (χ0v) is 10.8. The highest BCUT2D eigenvalue weighted by molar-refractivity contribution is 7.80. The number of hydrogen-bond donors (Lipinski definition) is 2. The van der Waals surface area contributed by atoms with E-state index in [2.05, 4.69) is 22.2 Å². The van der Waals surface area contributed by atoms with Crippen molar-refractivity contribution in [3.05, 3.63) is 23.9 Å². The van der Waals surface area contributed by atoms with Crippen LogP contribution in [0, 0.1) is 5.92 Å². The van der Waals surface area contributed by atoms with Crippen LogP contribution < -0.4 is 11.1 Å². The smallest absolute Gasteiger partial charge is 0.136 e. The number of rotatable bonds is 4. The molecule has 1 aromatic rings. The van der Waals surface area contributed by atoms with Crippen LogP contribution >= 0.6 is 12.2 Å². The molecule has 1 unspecified atom stereocenters. The number of nitrogens with zero attached hydrogens (tertiary/aromatic N) is 2. The third-order valence-corrected chi connectivity index (χ3v) is 3.34. The van der Waals surface area contributed by atoms with E-state index in [0.717, 1.165) is 24.5 Å². The fourth-order valence-electron chi connectivity index (χ4n) is 2.18. The lowest BCUT2D eigenvalue weighted by atomic mass is 10.1. The zero-order chi connectivity index (χ0) is 12.3. The molecule has 2 heterocycles. The molecule has 1 aliphatic rings. The lowest BCUT2D eigenvalue weighted by Crippen LogP contribution is -2.21. The van der Waals surface area contributed by atoms with Gasteiger partial charge in [-0.2, -0.15) is 0 Å². The van der Waals surface area contributed by atoms with E-state index in [1.54, 1.807) is 6.20 Å². The molecule has 0 spiro atoms. The summed E-state index contributed by atoms with van der Waals surface area (Å²) in [7, 11) is 2.15. The number of aromatic nitrogens is 1. The van der Waals surface area contributed by atoms with Crippen LogP contribution in [0.1, 0.15) is 12.0 Å². The van der Waals surface area contributed by atoms with Crippen molar-refractivity contribution in [2.75, 3.05) is 32.0 Å². The number of anilines is 1. The molecule has 2 rings (SSSR count). The summed E-state index contributed by atoms with van der Waals surface area (Å²) in [6.45, 7) is 3.25. The van der Waals surface area contributed by atoms with Crippen LogP contribution in [-0.2, 0) is 0 Å². The fraction of sp³-hybridized carbons (Fsp3) is 0.500. The van der Waals surface area contributed by atoms with Gasteiger partial charge in [0.15, 0.2) is 0 Å². The number of thiocarbonyl (C=S) groups is 1. The molecule has 0 amide bonds. The Hall–Kier alpha value is -1.20. The Morgan fingerprint density at radius 1 is 1.71 bits per heavy atom. The summed E-state index contributed by atoms with van der Waals surface area (Å²) in [4.78, 5) is 7.03. The van der Waals surface area contributed by atoms with Crippen LogP contribution in [0.15, 0.2) is 18.3 Å². The standard InChI is InChI=1S/C12H18N4S/c1-16-6-4-9(8-16)7-15-12-10(11(13)17)3-2-5-14-12/h2-3,5,9H,4,6-8H2,1H3,(H2,13,17)(H,14,15). The predicted molar refractivity (Wildman–Crippen MR) is 74.2 cm³/mol. The lowest BCUT2D eigenvalue weighted by Gasteiger charge is -2.14. The Morgan fingerprint density at radius 3 is 3.18 bits per heavy atom. The van der Waals surface area contributed by atoms with Crippen molar-refractivity contribution in [1.82, 2.24) is 9.88 Å². The summed E-state index contributed by atoms with van der Waals surface area (Å²) in [5, 5.41) is 3.35. The molecule has 1 aromatic heterocycles. The molecular weight excluding hydrogens is 232 g/mol. The lowest BCUT2D eigenvalue weighted by molar-refractivity contribution is 0.399. The van der Waals surface area contributed by atoms with Gasteiger partial charge in [0.25, 0.3) is 0 Å². The summed E-state index contributed by atoms with van der Waals surface area (Å²) in [6, 6.07) is 3.75. The Balaban J connectivity index is 1.97. The third-order valence-electron chi connectivity index (χ3n) is 3.12. The second kappa shape index (κ2) is 5.42. The summed E-state index contributed by atoms with van der Waals surface area (Å²) in [6.07, 6.45) is 2.99. The molecule has 0 aliphatic carbocycles. The number of pyridine rings is 1. The Bertz CT molecular complexity index is 407. The molecule has 0 aromatic carbocycles. The molecule has 1 saturated heterocycles. The molecule has 0 radical (unpaired) electrons. The molecule has 4 nitrogen and oxygen atoms in total. The van der Waals surface area contributed by atoms with E-state index in [4.69, 9.17) is 18.0 Å². The SMILES string of the molecule is CN1CCC(CNc2ncccc2C(N)=S)C1. The number of nitrogens with two attached hydrogens (primary N) is 1. The van der Waals surface area contributed by atoms with Gasteiger partial charge in [-0.1, -0.05) is 12.2 Å². The van der Waals surface area contributed by atoms with E-state index in [9.17, 15) is 0 Å². The molecule has 1 fully saturated rings. The minimum Gasteiger partial charge on any atom is -0.389 e. The first-order chi connectivity index (χ1) is 8.16. The third kappa shape index (κ3) is 3.14. The first kappa shape index (κ1) is 12.3. The maximum atomic E-state index is 5.66. The van der Waals surface area contributed by atoms with E-state index >= 15 is 0 Å². The molecule has 1 aliphatic heterocycles. The molecule has 0 bridgehead atoms. The predicted octanol–water partition coefficient (Wildman–Crippen LogP) is 1.08. The molecule has 3 N–H and O–H groups in total. The van der Waals surface area contributed by atoms with Crippen LogP contribution in [-0.4, -0.2) is 41.6 Å². The topological polar surface area (TPSA) is 54.2 Å². The van der Waals surface area contributed by atoms with Gasteiger partial charge in [-0.3, -0.25) is 0 Å². The van der Waals surface area contributed by atoms with Crippen molar-refractivity contribution in [1.29, 1.82) is 0 Å². The Morgan fingerprint density at radius 2 is 2.53 bits per heavy atom. The monoisotopic (exact) mass is 250 g/mol. The van der Waals surface area contributed by atoms with E-state index in [0.29, 0.717) is 10.9 Å². The first-order valence-electron chi connectivity index (χ1n) is 5.84. The highest BCUT2D eigenvalue weighted by Crippen LogP contribution is 2.16. The van der Waals surface area contributed by atoms with Crippen molar-refractivity contribution in [2.45, 2.75) is 6.42 Å². The average molecular weight is 250 g/mol. The van der Waals surface area contributed by atoms with Crippen molar-refractivity contribution < 1.29 is 0 Å². The van der Waals surface area contributed by atoms with Gasteiger partial charge in [-0.25, -0.2) is 4.98 Å². The van der Waals surface area contributed by atoms with Crippen molar-refractivity contribution in [3.8, 4) is 0 Å². The van der Waals surface area contributed by atoms with Gasteiger partial charge in [0.05, 0.1) is 5.56 Å². The summed E-state index contributed by atoms with van der Waals surface area (Å²) < 4.78 is 0. The minimum atomic E-state index is 0.393. The zero-order valence-electron chi connectivity index (χ0n) is 10.0. The normalized spacial score (nSPS) is 20.4. The van der Waals surface area contributed by atoms with E-state index in [1.807, 2.05) is 12.1 Å². The number of hydrogen-bond acceptors (Lipinski definition) is 4. The molecular formula is C12H18N4S. The summed E-state index contributed by atoms with van der Waals surface area (Å²) in [5.41, 5.74) is 6.49. The Labute approximate surface area is 107 Å².